The van der Waals surface area contributed by atoms with Gasteiger partial charge in [0.05, 0.1) is 19.8 Å². The van der Waals surface area contributed by atoms with Crippen LogP contribution in [-0.4, -0.2) is 112 Å². The molecule has 0 spiro atoms. The highest BCUT2D eigenvalue weighted by Crippen LogP contribution is 2.31. The first-order chi connectivity index (χ1) is 15.2. The Morgan fingerprint density at radius 3 is 2.28 bits per heavy atom. The van der Waals surface area contributed by atoms with Crippen LogP contribution in [0.2, 0.25) is 0 Å². The van der Waals surface area contributed by atoms with Gasteiger partial charge in [-0.1, -0.05) is 12.1 Å². The van der Waals surface area contributed by atoms with Gasteiger partial charge in [0.15, 0.2) is 12.4 Å². The number of carbonyl (C=O) groups excluding carboxylic acids is 1. The summed E-state index contributed by atoms with van der Waals surface area (Å²) in [4.78, 5) is 12.0. The quantitative estimate of drug-likeness (QED) is 0.246. The lowest BCUT2D eigenvalue weighted by Gasteiger charge is -2.45. The van der Waals surface area contributed by atoms with E-state index in [0.29, 0.717) is 0 Å². The zero-order valence-electron chi connectivity index (χ0n) is 17.4. The van der Waals surface area contributed by atoms with Crippen molar-refractivity contribution in [3.8, 4) is 5.75 Å². The van der Waals surface area contributed by atoms with Crippen LogP contribution >= 0.6 is 0 Å². The molecule has 2 heterocycles. The lowest BCUT2D eigenvalue weighted by molar-refractivity contribution is -0.354. The maximum atomic E-state index is 12.0. The predicted octanol–water partition coefficient (Wildman–Crippen LogP) is -2.50. The fourth-order valence-corrected chi connectivity index (χ4v) is 3.55. The van der Waals surface area contributed by atoms with E-state index in [9.17, 15) is 35.4 Å². The van der Waals surface area contributed by atoms with Crippen LogP contribution in [-0.2, 0) is 18.9 Å². The van der Waals surface area contributed by atoms with Gasteiger partial charge in [-0.2, -0.15) is 0 Å². The fraction of sp³-hybridized carbons (Fsp3) is 0.650. The highest BCUT2D eigenvalue weighted by Gasteiger charge is 2.51. The molecule has 0 unspecified atom stereocenters. The van der Waals surface area contributed by atoms with Crippen molar-refractivity contribution in [3.63, 3.8) is 0 Å². The van der Waals surface area contributed by atoms with Gasteiger partial charge in [-0.25, -0.2) is 4.79 Å². The summed E-state index contributed by atoms with van der Waals surface area (Å²) in [6.45, 7) is 0.787. The molecule has 0 amide bonds. The molecule has 10 atom stereocenters. The van der Waals surface area contributed by atoms with E-state index in [1.807, 2.05) is 0 Å². The molecule has 12 nitrogen and oxygen atoms in total. The number of hydrogen-bond donors (Lipinski definition) is 6. The zero-order valence-corrected chi connectivity index (χ0v) is 17.4. The Bertz CT molecular complexity index is 775. The van der Waals surface area contributed by atoms with Crippen LogP contribution in [0.25, 0.3) is 0 Å². The molecule has 0 aromatic heterocycles. The Morgan fingerprint density at radius 1 is 0.938 bits per heavy atom. The average Bonchev–Trinajstić information content (AvgIpc) is 2.80. The zero-order chi connectivity index (χ0) is 23.6. The molecule has 1 aromatic carbocycles. The summed E-state index contributed by atoms with van der Waals surface area (Å²) in [6, 6.07) is 6.02. The standard InChI is InChI=1S/C20H28O12/c1-8-12(22)14(24)16(26)19(29-8)32-17-15(25)13(23)11(7-21)31-20(17)30-10-6-4-3-5-9(10)18(27)28-2/h3-6,8,11-17,19-26H,7H2,1-2H3/t8-,11+,12-,13+,14+,15-,16+,17+,19-,20+/m0/s1. The van der Waals surface area contributed by atoms with Crippen molar-refractivity contribution in [2.75, 3.05) is 13.7 Å². The molecule has 1 aromatic rings. The van der Waals surface area contributed by atoms with Crippen LogP contribution in [0.3, 0.4) is 0 Å². The van der Waals surface area contributed by atoms with E-state index in [2.05, 4.69) is 0 Å². The van der Waals surface area contributed by atoms with E-state index in [1.165, 1.54) is 26.2 Å². The molecule has 0 aliphatic carbocycles. The van der Waals surface area contributed by atoms with Gasteiger partial charge in [-0.15, -0.1) is 0 Å². The molecule has 0 bridgehead atoms. The van der Waals surface area contributed by atoms with Crippen molar-refractivity contribution < 1.29 is 59.1 Å². The summed E-state index contributed by atoms with van der Waals surface area (Å²) in [5.41, 5.74) is 0.0413. The third-order valence-corrected chi connectivity index (χ3v) is 5.46. The molecular formula is C20H28O12. The number of aliphatic hydroxyl groups is 6. The van der Waals surface area contributed by atoms with Crippen LogP contribution in [0, 0.1) is 0 Å². The lowest BCUT2D eigenvalue weighted by Crippen LogP contribution is -2.64. The number of rotatable bonds is 6. The number of benzene rings is 1. The van der Waals surface area contributed by atoms with E-state index in [1.54, 1.807) is 12.1 Å². The molecule has 0 saturated carbocycles. The van der Waals surface area contributed by atoms with Crippen molar-refractivity contribution in [3.05, 3.63) is 29.8 Å². The van der Waals surface area contributed by atoms with Crippen molar-refractivity contribution in [1.29, 1.82) is 0 Å². The van der Waals surface area contributed by atoms with Crippen molar-refractivity contribution >= 4 is 5.97 Å². The molecule has 180 valence electrons. The van der Waals surface area contributed by atoms with Crippen molar-refractivity contribution in [2.45, 2.75) is 68.3 Å². The first-order valence-corrected chi connectivity index (χ1v) is 10.0. The minimum Gasteiger partial charge on any atom is -0.465 e. The second-order valence-corrected chi connectivity index (χ2v) is 7.59. The Balaban J connectivity index is 1.87. The van der Waals surface area contributed by atoms with Crippen LogP contribution in [0.15, 0.2) is 24.3 Å². The highest BCUT2D eigenvalue weighted by atomic mass is 16.8. The summed E-state index contributed by atoms with van der Waals surface area (Å²) < 4.78 is 27.0. The number of para-hydroxylation sites is 1. The minimum atomic E-state index is -1.69. The van der Waals surface area contributed by atoms with Crippen LogP contribution in [0.4, 0.5) is 0 Å². The average molecular weight is 460 g/mol. The van der Waals surface area contributed by atoms with Gasteiger partial charge >= 0.3 is 5.97 Å². The number of carbonyl (C=O) groups is 1. The molecular weight excluding hydrogens is 432 g/mol. The van der Waals surface area contributed by atoms with Crippen LogP contribution in [0.5, 0.6) is 5.75 Å². The number of esters is 1. The Morgan fingerprint density at radius 2 is 1.62 bits per heavy atom. The van der Waals surface area contributed by atoms with Gasteiger partial charge in [-0.3, -0.25) is 0 Å². The Kier molecular flexibility index (Phi) is 8.03. The van der Waals surface area contributed by atoms with Crippen molar-refractivity contribution in [2.24, 2.45) is 0 Å². The SMILES string of the molecule is COC(=O)c1ccccc1O[C@@H]1O[C@H](CO)[C@@H](O)[C@H](O)[C@H]1O[C@@H]1O[C@@H](C)[C@H](O)[C@@H](O)[C@H]1O. The lowest BCUT2D eigenvalue weighted by atomic mass is 9.97. The third-order valence-electron chi connectivity index (χ3n) is 5.46. The molecule has 12 heteroatoms. The van der Waals surface area contributed by atoms with E-state index in [-0.39, 0.29) is 11.3 Å². The summed E-state index contributed by atoms with van der Waals surface area (Å²) in [5.74, 6) is -0.697. The van der Waals surface area contributed by atoms with E-state index >= 15 is 0 Å². The summed E-state index contributed by atoms with van der Waals surface area (Å²) in [7, 11) is 1.19. The molecule has 2 aliphatic rings. The predicted molar refractivity (Wildman–Crippen MR) is 103 cm³/mol. The molecule has 2 saturated heterocycles. The number of methoxy groups -OCH3 is 1. The van der Waals surface area contributed by atoms with Gasteiger partial charge in [-0.05, 0) is 19.1 Å². The van der Waals surface area contributed by atoms with Gasteiger partial charge in [0.25, 0.3) is 0 Å². The van der Waals surface area contributed by atoms with Gasteiger partial charge in [0.2, 0.25) is 6.29 Å². The van der Waals surface area contributed by atoms with Gasteiger partial charge < -0.3 is 54.3 Å². The molecule has 2 fully saturated rings. The normalized spacial score (nSPS) is 40.0. The Hall–Kier alpha value is -1.87. The van der Waals surface area contributed by atoms with E-state index in [0.717, 1.165) is 0 Å². The minimum absolute atomic E-state index is 0.00663. The summed E-state index contributed by atoms with van der Waals surface area (Å²) >= 11 is 0. The first-order valence-electron chi connectivity index (χ1n) is 10.0. The summed E-state index contributed by atoms with van der Waals surface area (Å²) in [6.07, 6.45) is -14.6. The largest absolute Gasteiger partial charge is 0.465 e. The fourth-order valence-electron chi connectivity index (χ4n) is 3.55. The molecule has 32 heavy (non-hydrogen) atoms. The molecule has 2 aliphatic heterocycles. The maximum Gasteiger partial charge on any atom is 0.341 e. The number of aliphatic hydroxyl groups excluding tert-OH is 6. The van der Waals surface area contributed by atoms with Gasteiger partial charge in [0.1, 0.15) is 47.9 Å². The van der Waals surface area contributed by atoms with E-state index in [4.69, 9.17) is 23.7 Å². The first kappa shape index (κ1) is 24.8. The molecule has 3 rings (SSSR count). The monoisotopic (exact) mass is 460 g/mol. The maximum absolute atomic E-state index is 12.0. The second kappa shape index (κ2) is 10.4. The van der Waals surface area contributed by atoms with Crippen molar-refractivity contribution in [1.82, 2.24) is 0 Å². The smallest absolute Gasteiger partial charge is 0.341 e. The third kappa shape index (κ3) is 4.88. The summed E-state index contributed by atoms with van der Waals surface area (Å²) in [5, 5.41) is 60.5. The molecule has 6 N–H and O–H groups in total. The second-order valence-electron chi connectivity index (χ2n) is 7.59. The van der Waals surface area contributed by atoms with Crippen LogP contribution in [0.1, 0.15) is 17.3 Å². The number of ether oxygens (including phenoxy) is 5. The number of hydrogen-bond acceptors (Lipinski definition) is 12. The van der Waals surface area contributed by atoms with Crippen LogP contribution < -0.4 is 4.74 Å². The topological polar surface area (TPSA) is 185 Å². The Labute approximate surface area is 183 Å². The molecule has 0 radical (unpaired) electrons. The highest BCUT2D eigenvalue weighted by molar-refractivity contribution is 5.92. The van der Waals surface area contributed by atoms with Gasteiger partial charge in [0, 0.05) is 0 Å². The van der Waals surface area contributed by atoms with E-state index < -0.39 is 74.0 Å².